The van der Waals surface area contributed by atoms with Crippen LogP contribution in [0.5, 0.6) is 0 Å². The van der Waals surface area contributed by atoms with E-state index in [1.807, 2.05) is 18.4 Å². The molecule has 0 amide bonds. The number of aromatic nitrogens is 1. The van der Waals surface area contributed by atoms with Gasteiger partial charge >= 0.3 is 0 Å². The van der Waals surface area contributed by atoms with Gasteiger partial charge in [-0.1, -0.05) is 0 Å². The standard InChI is InChI=1S/C7H8NOS/c1-10-7-2-3-8-6(4-7)5-9/h2-4H,5H2,1H3. The second-order valence-corrected chi connectivity index (χ2v) is 2.71. The van der Waals surface area contributed by atoms with Crippen LogP contribution in [0.4, 0.5) is 0 Å². The van der Waals surface area contributed by atoms with Gasteiger partial charge in [0.2, 0.25) is 0 Å². The molecular formula is C7H8NOS. The zero-order valence-electron chi connectivity index (χ0n) is 5.70. The summed E-state index contributed by atoms with van der Waals surface area (Å²) in [6.45, 7) is -0.228. The van der Waals surface area contributed by atoms with Gasteiger partial charge in [0.15, 0.2) is 0 Å². The van der Waals surface area contributed by atoms with Gasteiger partial charge in [-0.05, 0) is 18.4 Å². The monoisotopic (exact) mass is 154 g/mol. The van der Waals surface area contributed by atoms with Crippen LogP contribution >= 0.6 is 11.8 Å². The van der Waals surface area contributed by atoms with E-state index in [-0.39, 0.29) is 6.61 Å². The van der Waals surface area contributed by atoms with Crippen molar-refractivity contribution in [2.24, 2.45) is 0 Å². The normalized spacial score (nSPS) is 9.80. The van der Waals surface area contributed by atoms with Crippen molar-refractivity contribution in [1.29, 1.82) is 0 Å². The van der Waals surface area contributed by atoms with Crippen LogP contribution in [-0.2, 0) is 11.7 Å². The van der Waals surface area contributed by atoms with Crippen molar-refractivity contribution in [3.63, 3.8) is 0 Å². The van der Waals surface area contributed by atoms with Crippen molar-refractivity contribution in [1.82, 2.24) is 4.98 Å². The number of thioether (sulfide) groups is 1. The molecule has 0 N–H and O–H groups in total. The van der Waals surface area contributed by atoms with E-state index >= 15 is 0 Å². The summed E-state index contributed by atoms with van der Waals surface area (Å²) in [4.78, 5) is 4.98. The SMILES string of the molecule is CSc1ccnc(C[O])c1. The Morgan fingerprint density at radius 2 is 2.50 bits per heavy atom. The molecule has 0 saturated heterocycles. The molecular weight excluding hydrogens is 146 g/mol. The molecule has 2 nitrogen and oxygen atoms in total. The van der Waals surface area contributed by atoms with Crippen molar-refractivity contribution in [3.05, 3.63) is 24.0 Å². The third-order valence-corrected chi connectivity index (χ3v) is 1.90. The number of nitrogens with zero attached hydrogens (tertiary/aromatic N) is 1. The first-order valence-electron chi connectivity index (χ1n) is 2.94. The Morgan fingerprint density at radius 1 is 1.70 bits per heavy atom. The van der Waals surface area contributed by atoms with Crippen LogP contribution in [-0.4, -0.2) is 11.2 Å². The lowest BCUT2D eigenvalue weighted by molar-refractivity contribution is 0.173. The van der Waals surface area contributed by atoms with Crippen LogP contribution in [0.15, 0.2) is 23.2 Å². The highest BCUT2D eigenvalue weighted by Crippen LogP contribution is 2.13. The maximum atomic E-state index is 10.3. The summed E-state index contributed by atoms with van der Waals surface area (Å²) in [5.41, 5.74) is 0.617. The largest absolute Gasteiger partial charge is 0.259 e. The molecule has 0 aromatic carbocycles. The summed E-state index contributed by atoms with van der Waals surface area (Å²) < 4.78 is 0. The van der Waals surface area contributed by atoms with Crippen molar-refractivity contribution in [2.75, 3.05) is 6.26 Å². The molecule has 1 rings (SSSR count). The Bertz CT molecular complexity index is 195. The maximum absolute atomic E-state index is 10.3. The molecule has 53 valence electrons. The first-order valence-corrected chi connectivity index (χ1v) is 4.16. The van der Waals surface area contributed by atoms with Crippen LogP contribution in [0.2, 0.25) is 0 Å². The summed E-state index contributed by atoms with van der Waals surface area (Å²) in [5, 5.41) is 10.3. The smallest absolute Gasteiger partial charge is 0.124 e. The molecule has 0 fully saturated rings. The van der Waals surface area contributed by atoms with E-state index in [9.17, 15) is 5.11 Å². The predicted molar refractivity (Wildman–Crippen MR) is 40.4 cm³/mol. The van der Waals surface area contributed by atoms with Crippen molar-refractivity contribution < 1.29 is 5.11 Å². The van der Waals surface area contributed by atoms with Gasteiger partial charge in [0.1, 0.15) is 6.61 Å². The Morgan fingerprint density at radius 3 is 3.10 bits per heavy atom. The Labute approximate surface area is 64.3 Å². The molecule has 0 aliphatic carbocycles. The minimum atomic E-state index is -0.228. The number of hydrogen-bond acceptors (Lipinski definition) is 2. The topological polar surface area (TPSA) is 32.8 Å². The molecule has 0 saturated carbocycles. The van der Waals surface area contributed by atoms with Crippen molar-refractivity contribution in [3.8, 4) is 0 Å². The van der Waals surface area contributed by atoms with E-state index in [4.69, 9.17) is 0 Å². The van der Waals surface area contributed by atoms with Gasteiger partial charge in [0, 0.05) is 11.1 Å². The molecule has 0 spiro atoms. The van der Waals surface area contributed by atoms with E-state index in [1.54, 1.807) is 18.0 Å². The molecule has 0 atom stereocenters. The molecule has 10 heavy (non-hydrogen) atoms. The Hall–Kier alpha value is -0.540. The van der Waals surface area contributed by atoms with Crippen molar-refractivity contribution >= 4 is 11.8 Å². The van der Waals surface area contributed by atoms with Crippen LogP contribution in [0.1, 0.15) is 5.69 Å². The molecule has 1 aromatic heterocycles. The van der Waals surface area contributed by atoms with E-state index < -0.39 is 0 Å². The van der Waals surface area contributed by atoms with Crippen molar-refractivity contribution in [2.45, 2.75) is 11.5 Å². The fraction of sp³-hybridized carbons (Fsp3) is 0.286. The lowest BCUT2D eigenvalue weighted by atomic mass is 10.4. The van der Waals surface area contributed by atoms with E-state index in [0.29, 0.717) is 5.69 Å². The van der Waals surface area contributed by atoms with Gasteiger partial charge < -0.3 is 0 Å². The second kappa shape index (κ2) is 3.58. The lowest BCUT2D eigenvalue weighted by Gasteiger charge is -1.95. The lowest BCUT2D eigenvalue weighted by Crippen LogP contribution is -1.85. The van der Waals surface area contributed by atoms with E-state index in [1.165, 1.54) is 0 Å². The zero-order chi connectivity index (χ0) is 7.40. The molecule has 1 heterocycles. The van der Waals surface area contributed by atoms with Crippen LogP contribution < -0.4 is 0 Å². The highest BCUT2D eigenvalue weighted by molar-refractivity contribution is 7.98. The first-order chi connectivity index (χ1) is 4.86. The predicted octanol–water partition coefficient (Wildman–Crippen LogP) is 1.73. The second-order valence-electron chi connectivity index (χ2n) is 1.83. The number of rotatable bonds is 2. The molecule has 1 radical (unpaired) electrons. The number of pyridine rings is 1. The third kappa shape index (κ3) is 1.72. The average molecular weight is 154 g/mol. The van der Waals surface area contributed by atoms with Gasteiger partial charge in [-0.3, -0.25) is 4.98 Å². The van der Waals surface area contributed by atoms with E-state index in [0.717, 1.165) is 4.90 Å². The Balaban J connectivity index is 2.87. The highest BCUT2D eigenvalue weighted by Gasteiger charge is 1.93. The summed E-state index contributed by atoms with van der Waals surface area (Å²) >= 11 is 1.62. The van der Waals surface area contributed by atoms with Gasteiger partial charge in [-0.25, -0.2) is 5.11 Å². The minimum absolute atomic E-state index is 0.228. The van der Waals surface area contributed by atoms with Gasteiger partial charge in [0.25, 0.3) is 0 Å². The molecule has 0 bridgehead atoms. The van der Waals surface area contributed by atoms with E-state index in [2.05, 4.69) is 4.98 Å². The molecule has 0 aliphatic rings. The van der Waals surface area contributed by atoms with Crippen LogP contribution in [0.25, 0.3) is 0 Å². The quantitative estimate of drug-likeness (QED) is 0.608. The van der Waals surface area contributed by atoms with Gasteiger partial charge in [0.05, 0.1) is 5.69 Å². The maximum Gasteiger partial charge on any atom is 0.124 e. The summed E-state index contributed by atoms with van der Waals surface area (Å²) in [5.74, 6) is 0. The van der Waals surface area contributed by atoms with Gasteiger partial charge in [-0.2, -0.15) is 0 Å². The van der Waals surface area contributed by atoms with Crippen LogP contribution in [0.3, 0.4) is 0 Å². The molecule has 0 unspecified atom stereocenters. The Kier molecular flexibility index (Phi) is 2.71. The molecule has 0 aliphatic heterocycles. The number of hydrogen-bond donors (Lipinski definition) is 0. The summed E-state index contributed by atoms with van der Waals surface area (Å²) in [6.07, 6.45) is 3.64. The average Bonchev–Trinajstić information content (AvgIpc) is 2.05. The fourth-order valence-corrected chi connectivity index (χ4v) is 1.11. The third-order valence-electron chi connectivity index (χ3n) is 1.17. The summed E-state index contributed by atoms with van der Waals surface area (Å²) in [7, 11) is 0. The fourth-order valence-electron chi connectivity index (χ4n) is 0.662. The summed E-state index contributed by atoms with van der Waals surface area (Å²) in [6, 6.07) is 3.71. The van der Waals surface area contributed by atoms with Crippen LogP contribution in [0, 0.1) is 0 Å². The first kappa shape index (κ1) is 7.57. The zero-order valence-corrected chi connectivity index (χ0v) is 6.52. The molecule has 1 aromatic rings. The molecule has 3 heteroatoms. The van der Waals surface area contributed by atoms with Gasteiger partial charge in [-0.15, -0.1) is 11.8 Å². The minimum Gasteiger partial charge on any atom is -0.259 e. The highest BCUT2D eigenvalue weighted by atomic mass is 32.2.